The van der Waals surface area contributed by atoms with E-state index in [9.17, 15) is 23.1 Å². The van der Waals surface area contributed by atoms with E-state index in [2.05, 4.69) is 4.74 Å². The molecule has 0 aliphatic rings. The molecular weight excluding hydrogens is 177 g/mol. The molecule has 0 atom stereocenters. The number of carboxylic acid groups (broad SMARTS) is 1. The van der Waals surface area contributed by atoms with Crippen LogP contribution in [0.1, 0.15) is 20.3 Å². The van der Waals surface area contributed by atoms with Crippen LogP contribution in [0, 0.1) is 0 Å². The van der Waals surface area contributed by atoms with Crippen LogP contribution < -0.4 is 5.11 Å². The van der Waals surface area contributed by atoms with Crippen molar-refractivity contribution < 1.29 is 27.8 Å². The van der Waals surface area contributed by atoms with Gasteiger partial charge in [-0.25, -0.2) is 0 Å². The summed E-state index contributed by atoms with van der Waals surface area (Å²) in [5.74, 6) is 0. The number of rotatable bonds is 2. The van der Waals surface area contributed by atoms with Gasteiger partial charge in [0.05, 0.1) is 12.0 Å². The van der Waals surface area contributed by atoms with Crippen LogP contribution in [0.3, 0.4) is 0 Å². The topological polar surface area (TPSA) is 49.4 Å². The first-order chi connectivity index (χ1) is 5.12. The van der Waals surface area contributed by atoms with E-state index in [0.29, 0.717) is 0 Å². The Hall–Kier alpha value is -0.940. The molecule has 12 heavy (non-hydrogen) atoms. The van der Waals surface area contributed by atoms with Crippen LogP contribution >= 0.6 is 0 Å². The van der Waals surface area contributed by atoms with Crippen molar-refractivity contribution in [3.63, 3.8) is 0 Å². The van der Waals surface area contributed by atoms with Crippen molar-refractivity contribution in [2.24, 2.45) is 0 Å². The lowest BCUT2D eigenvalue weighted by Crippen LogP contribution is -2.38. The van der Waals surface area contributed by atoms with E-state index in [4.69, 9.17) is 0 Å². The van der Waals surface area contributed by atoms with Crippen LogP contribution in [0.15, 0.2) is 0 Å². The molecule has 0 rings (SSSR count). The highest BCUT2D eigenvalue weighted by molar-refractivity contribution is 5.54. The summed E-state index contributed by atoms with van der Waals surface area (Å²) in [6.45, 7) is 2.05. The summed E-state index contributed by atoms with van der Waals surface area (Å²) in [5.41, 5.74) is -1.78. The molecular formula is C6H8F3O3-. The summed E-state index contributed by atoms with van der Waals surface area (Å²) in [6.07, 6.45) is -7.73. The maximum Gasteiger partial charge on any atom is 0.391 e. The number of ether oxygens (including phenoxy) is 1. The van der Waals surface area contributed by atoms with Crippen LogP contribution in [0.4, 0.5) is 18.0 Å². The summed E-state index contributed by atoms with van der Waals surface area (Å²) in [7, 11) is 0. The van der Waals surface area contributed by atoms with E-state index in [-0.39, 0.29) is 0 Å². The molecule has 0 fully saturated rings. The summed E-state index contributed by atoms with van der Waals surface area (Å²) < 4.78 is 39.0. The predicted octanol–water partition coefficient (Wildman–Crippen LogP) is 1.08. The van der Waals surface area contributed by atoms with Crippen molar-refractivity contribution in [2.45, 2.75) is 32.0 Å². The van der Waals surface area contributed by atoms with Crippen molar-refractivity contribution in [1.82, 2.24) is 0 Å². The van der Waals surface area contributed by atoms with Crippen molar-refractivity contribution in [3.8, 4) is 0 Å². The Labute approximate surface area is 67.1 Å². The molecule has 0 unspecified atom stereocenters. The molecule has 6 heteroatoms. The zero-order valence-electron chi connectivity index (χ0n) is 6.57. The van der Waals surface area contributed by atoms with Crippen LogP contribution in [-0.2, 0) is 4.74 Å². The second-order valence-corrected chi connectivity index (χ2v) is 2.90. The fourth-order valence-corrected chi connectivity index (χ4v) is 0.744. The average Bonchev–Trinajstić information content (AvgIpc) is 1.48. The Morgan fingerprint density at radius 3 is 2.08 bits per heavy atom. The van der Waals surface area contributed by atoms with Crippen molar-refractivity contribution in [1.29, 1.82) is 0 Å². The lowest BCUT2D eigenvalue weighted by atomic mass is 10.1. The summed E-state index contributed by atoms with van der Waals surface area (Å²) in [6, 6.07) is 0. The standard InChI is InChI=1S/C6H9F3O3/c1-5(2,12-4(10)11)3-6(7,8)9/h3H2,1-2H3,(H,10,11)/p-1. The molecule has 3 nitrogen and oxygen atoms in total. The highest BCUT2D eigenvalue weighted by atomic mass is 19.4. The van der Waals surface area contributed by atoms with Gasteiger partial charge in [0.25, 0.3) is 6.16 Å². The molecule has 0 saturated carbocycles. The van der Waals surface area contributed by atoms with Gasteiger partial charge in [0, 0.05) is 0 Å². The zero-order valence-corrected chi connectivity index (χ0v) is 6.57. The molecule has 0 aliphatic heterocycles. The summed E-state index contributed by atoms with van der Waals surface area (Å²) in [5, 5.41) is 9.80. The number of carbonyl (C=O) groups is 1. The second-order valence-electron chi connectivity index (χ2n) is 2.90. The Bertz CT molecular complexity index is 173. The average molecular weight is 185 g/mol. The lowest BCUT2D eigenvalue weighted by molar-refractivity contribution is -0.298. The molecule has 0 radical (unpaired) electrons. The van der Waals surface area contributed by atoms with Crippen LogP contribution in [0.2, 0.25) is 0 Å². The Morgan fingerprint density at radius 1 is 1.42 bits per heavy atom. The van der Waals surface area contributed by atoms with Crippen LogP contribution in [0.5, 0.6) is 0 Å². The second kappa shape index (κ2) is 3.20. The fraction of sp³-hybridized carbons (Fsp3) is 0.833. The third-order valence-corrected chi connectivity index (χ3v) is 0.986. The van der Waals surface area contributed by atoms with E-state index in [1.807, 2.05) is 0 Å². The number of halogens is 3. The van der Waals surface area contributed by atoms with Gasteiger partial charge in [-0.15, -0.1) is 0 Å². The van der Waals surface area contributed by atoms with Gasteiger partial charge in [-0.05, 0) is 13.8 Å². The molecule has 0 saturated heterocycles. The third-order valence-electron chi connectivity index (χ3n) is 0.986. The first-order valence-corrected chi connectivity index (χ1v) is 3.09. The smallest absolute Gasteiger partial charge is 0.391 e. The maximum atomic E-state index is 11.7. The van der Waals surface area contributed by atoms with Gasteiger partial charge >= 0.3 is 6.18 Å². The highest BCUT2D eigenvalue weighted by Gasteiger charge is 2.36. The van der Waals surface area contributed by atoms with E-state index in [1.54, 1.807) is 0 Å². The van der Waals surface area contributed by atoms with E-state index in [0.717, 1.165) is 13.8 Å². The number of hydrogen-bond acceptors (Lipinski definition) is 3. The van der Waals surface area contributed by atoms with Gasteiger partial charge in [0.15, 0.2) is 0 Å². The van der Waals surface area contributed by atoms with E-state index < -0.39 is 24.4 Å². The maximum absolute atomic E-state index is 11.7. The third kappa shape index (κ3) is 5.82. The minimum atomic E-state index is -4.45. The Kier molecular flexibility index (Phi) is 2.95. The van der Waals surface area contributed by atoms with Gasteiger partial charge in [-0.3, -0.25) is 0 Å². The number of hydrogen-bond donors (Lipinski definition) is 0. The fourth-order valence-electron chi connectivity index (χ4n) is 0.744. The van der Waals surface area contributed by atoms with Gasteiger partial charge < -0.3 is 14.6 Å². The molecule has 0 aromatic carbocycles. The molecule has 0 aliphatic carbocycles. The first-order valence-electron chi connectivity index (χ1n) is 3.09. The monoisotopic (exact) mass is 185 g/mol. The van der Waals surface area contributed by atoms with Gasteiger partial charge in [0.2, 0.25) is 0 Å². The van der Waals surface area contributed by atoms with Crippen molar-refractivity contribution >= 4 is 6.16 Å². The first kappa shape index (κ1) is 11.1. The van der Waals surface area contributed by atoms with E-state index >= 15 is 0 Å². The molecule has 0 amide bonds. The van der Waals surface area contributed by atoms with Crippen molar-refractivity contribution in [3.05, 3.63) is 0 Å². The van der Waals surface area contributed by atoms with Gasteiger partial charge in [0.1, 0.15) is 0 Å². The molecule has 0 bridgehead atoms. The largest absolute Gasteiger partial charge is 0.543 e. The van der Waals surface area contributed by atoms with Gasteiger partial charge in [-0.2, -0.15) is 13.2 Å². The van der Waals surface area contributed by atoms with Crippen LogP contribution in [-0.4, -0.2) is 17.9 Å². The van der Waals surface area contributed by atoms with Crippen LogP contribution in [0.25, 0.3) is 0 Å². The minimum absolute atomic E-state index is 1.02. The number of alkyl halides is 3. The minimum Gasteiger partial charge on any atom is -0.543 e. The van der Waals surface area contributed by atoms with E-state index in [1.165, 1.54) is 0 Å². The molecule has 0 heterocycles. The number of carbonyl (C=O) groups excluding carboxylic acids is 1. The predicted molar refractivity (Wildman–Crippen MR) is 31.2 cm³/mol. The quantitative estimate of drug-likeness (QED) is 0.604. The van der Waals surface area contributed by atoms with Gasteiger partial charge in [-0.1, -0.05) is 0 Å². The Balaban J connectivity index is 4.13. The lowest BCUT2D eigenvalue weighted by Gasteiger charge is -2.30. The highest BCUT2D eigenvalue weighted by Crippen LogP contribution is 2.29. The molecule has 0 aromatic heterocycles. The van der Waals surface area contributed by atoms with Crippen molar-refractivity contribution in [2.75, 3.05) is 0 Å². The molecule has 0 aromatic rings. The normalized spacial score (nSPS) is 12.8. The Morgan fingerprint density at radius 2 is 1.83 bits per heavy atom. The molecule has 0 spiro atoms. The SMILES string of the molecule is CC(C)(CC(F)(F)F)OC(=O)[O-]. The molecule has 72 valence electrons. The summed E-state index contributed by atoms with van der Waals surface area (Å²) >= 11 is 0. The zero-order chi connectivity index (χ0) is 9.99. The summed E-state index contributed by atoms with van der Waals surface area (Å²) in [4.78, 5) is 9.80. The molecule has 0 N–H and O–H groups in total.